The molecular weight excluding hydrogens is 175 g/mol. The van der Waals surface area contributed by atoms with Crippen LogP contribution >= 0.6 is 7.26 Å². The third-order valence-corrected chi connectivity index (χ3v) is 8.34. The monoisotopic (exact) mass is 196 g/mol. The van der Waals surface area contributed by atoms with E-state index in [2.05, 4.69) is 51.7 Å². The topological polar surface area (TPSA) is 0 Å². The van der Waals surface area contributed by atoms with Gasteiger partial charge in [0.15, 0.2) is 0 Å². The molecule has 1 aromatic rings. The van der Waals surface area contributed by atoms with E-state index in [1.165, 1.54) is 17.9 Å². The maximum absolute atomic E-state index is 2.50. The fraction of sp³-hybridized carbons (Fsp3) is 0.500. The molecule has 0 spiro atoms. The van der Waals surface area contributed by atoms with E-state index in [0.29, 0.717) is 0 Å². The van der Waals surface area contributed by atoms with Gasteiger partial charge >= 0.3 is 82.2 Å². The van der Waals surface area contributed by atoms with Crippen LogP contribution in [0, 0.1) is 6.92 Å². The summed E-state index contributed by atoms with van der Waals surface area (Å²) in [6.45, 7) is 9.41. The van der Waals surface area contributed by atoms with Gasteiger partial charge in [-0.05, 0) is 0 Å². The predicted molar refractivity (Wildman–Crippen MR) is 66.1 cm³/mol. The van der Waals surface area contributed by atoms with Gasteiger partial charge in [0.25, 0.3) is 0 Å². The summed E-state index contributed by atoms with van der Waals surface area (Å²) in [5.41, 5.74) is 1.49. The normalized spacial score (nSPS) is 12.9. The predicted octanol–water partition coefficient (Wildman–Crippen LogP) is 3.04. The first-order valence-electron chi connectivity index (χ1n) is 5.20. The van der Waals surface area contributed by atoms with E-state index in [-0.39, 0.29) is 0 Å². The molecule has 13 heavy (non-hydrogen) atoms. The van der Waals surface area contributed by atoms with E-state index in [9.17, 15) is 0 Å². The van der Waals surface area contributed by atoms with Gasteiger partial charge in [-0.3, -0.25) is 0 Å². The van der Waals surface area contributed by atoms with E-state index in [1.807, 2.05) is 0 Å². The summed E-state index contributed by atoms with van der Waals surface area (Å²) in [7, 11) is -1.12. The Balaban J connectivity index is 3.12. The summed E-state index contributed by atoms with van der Waals surface area (Å²) < 4.78 is 0. The van der Waals surface area contributed by atoms with E-state index < -0.39 is 7.26 Å². The number of aryl methyl sites for hydroxylation is 1. The fourth-order valence-electron chi connectivity index (χ4n) is 1.88. The van der Waals surface area contributed by atoms with Crippen molar-refractivity contribution in [2.45, 2.75) is 20.8 Å². The first kappa shape index (κ1) is 10.7. The van der Waals surface area contributed by atoms with Gasteiger partial charge in [0, 0.05) is 0 Å². The summed E-state index contributed by atoms with van der Waals surface area (Å²) in [5.74, 6) is 0. The molecule has 0 amide bonds. The van der Waals surface area contributed by atoms with E-state index in [1.54, 1.807) is 5.30 Å². The standard InChI is InChI=1S/C12H21P/c1-5-13(4,6-2)12-10-8-7-9-11(12)3/h7-10,13H,5-6H2,1-4H3. The summed E-state index contributed by atoms with van der Waals surface area (Å²) in [5, 5.41) is 1.65. The molecule has 0 aliphatic carbocycles. The zero-order valence-electron chi connectivity index (χ0n) is 9.22. The van der Waals surface area contributed by atoms with Gasteiger partial charge in [-0.1, -0.05) is 0 Å². The molecule has 1 rings (SSSR count). The van der Waals surface area contributed by atoms with Crippen molar-refractivity contribution in [1.82, 2.24) is 0 Å². The molecule has 0 radical (unpaired) electrons. The Hall–Kier alpha value is -0.350. The van der Waals surface area contributed by atoms with Crippen LogP contribution in [0.5, 0.6) is 0 Å². The van der Waals surface area contributed by atoms with Gasteiger partial charge in [0.2, 0.25) is 0 Å². The van der Waals surface area contributed by atoms with Gasteiger partial charge in [0.1, 0.15) is 0 Å². The molecule has 0 unspecified atom stereocenters. The molecule has 1 heteroatoms. The van der Waals surface area contributed by atoms with Crippen molar-refractivity contribution in [3.8, 4) is 0 Å². The molecule has 0 aliphatic rings. The first-order valence-corrected chi connectivity index (χ1v) is 8.11. The molecule has 0 heterocycles. The summed E-state index contributed by atoms with van der Waals surface area (Å²) >= 11 is 0. The summed E-state index contributed by atoms with van der Waals surface area (Å²) in [6.07, 6.45) is 2.71. The van der Waals surface area contributed by atoms with Gasteiger partial charge < -0.3 is 0 Å². The van der Waals surface area contributed by atoms with E-state index >= 15 is 0 Å². The van der Waals surface area contributed by atoms with Crippen molar-refractivity contribution >= 4 is 12.6 Å². The van der Waals surface area contributed by atoms with Crippen LogP contribution in [0.2, 0.25) is 0 Å². The second-order valence-electron chi connectivity index (χ2n) is 4.08. The quantitative estimate of drug-likeness (QED) is 0.652. The molecule has 0 nitrogen and oxygen atoms in total. The number of hydrogen-bond donors (Lipinski definition) is 0. The second-order valence-corrected chi connectivity index (χ2v) is 9.16. The van der Waals surface area contributed by atoms with Crippen molar-refractivity contribution in [2.75, 3.05) is 19.0 Å². The second kappa shape index (κ2) is 4.24. The SMILES string of the molecule is CC[PH](C)(CC)c1ccccc1C. The van der Waals surface area contributed by atoms with Gasteiger partial charge in [0.05, 0.1) is 0 Å². The van der Waals surface area contributed by atoms with Crippen molar-refractivity contribution < 1.29 is 0 Å². The Morgan fingerprint density at radius 1 is 1.08 bits per heavy atom. The van der Waals surface area contributed by atoms with Crippen molar-refractivity contribution in [2.24, 2.45) is 0 Å². The third kappa shape index (κ3) is 2.11. The zero-order valence-corrected chi connectivity index (χ0v) is 10.2. The molecule has 0 saturated carbocycles. The number of hydrogen-bond acceptors (Lipinski definition) is 0. The van der Waals surface area contributed by atoms with Crippen LogP contribution in [0.15, 0.2) is 24.3 Å². The molecular formula is C12H21P. The Bertz CT molecular complexity index is 274. The van der Waals surface area contributed by atoms with Gasteiger partial charge in [-0.15, -0.1) is 0 Å². The minimum absolute atomic E-state index is 1.12. The summed E-state index contributed by atoms with van der Waals surface area (Å²) in [4.78, 5) is 0. The third-order valence-electron chi connectivity index (χ3n) is 3.36. The van der Waals surface area contributed by atoms with Gasteiger partial charge in [-0.2, -0.15) is 0 Å². The van der Waals surface area contributed by atoms with Crippen LogP contribution in [-0.2, 0) is 0 Å². The van der Waals surface area contributed by atoms with Crippen LogP contribution in [0.3, 0.4) is 0 Å². The van der Waals surface area contributed by atoms with Gasteiger partial charge in [-0.25, -0.2) is 0 Å². The molecule has 0 aromatic heterocycles. The minimum atomic E-state index is -1.12. The molecule has 0 aliphatic heterocycles. The Labute approximate surface area is 82.7 Å². The van der Waals surface area contributed by atoms with Crippen LogP contribution in [0.1, 0.15) is 19.4 Å². The van der Waals surface area contributed by atoms with Crippen LogP contribution in [-0.4, -0.2) is 19.0 Å². The molecule has 0 saturated heterocycles. The Morgan fingerprint density at radius 3 is 2.08 bits per heavy atom. The molecule has 0 bridgehead atoms. The van der Waals surface area contributed by atoms with Crippen molar-refractivity contribution in [1.29, 1.82) is 0 Å². The molecule has 74 valence electrons. The molecule has 0 atom stereocenters. The van der Waals surface area contributed by atoms with Crippen molar-refractivity contribution in [3.63, 3.8) is 0 Å². The Kier molecular flexibility index (Phi) is 3.50. The van der Waals surface area contributed by atoms with Crippen LogP contribution < -0.4 is 5.30 Å². The Morgan fingerprint density at radius 2 is 1.62 bits per heavy atom. The zero-order chi connectivity index (χ0) is 9.90. The van der Waals surface area contributed by atoms with Crippen molar-refractivity contribution in [3.05, 3.63) is 29.8 Å². The number of benzene rings is 1. The average molecular weight is 196 g/mol. The van der Waals surface area contributed by atoms with E-state index in [4.69, 9.17) is 0 Å². The first-order chi connectivity index (χ1) is 6.14. The maximum atomic E-state index is 2.50. The molecule has 0 fully saturated rings. The molecule has 1 aromatic carbocycles. The molecule has 0 N–H and O–H groups in total. The van der Waals surface area contributed by atoms with Crippen LogP contribution in [0.25, 0.3) is 0 Å². The van der Waals surface area contributed by atoms with Crippen LogP contribution in [0.4, 0.5) is 0 Å². The summed E-state index contributed by atoms with van der Waals surface area (Å²) in [6, 6.07) is 8.89. The fourth-order valence-corrected chi connectivity index (χ4v) is 4.68. The van der Waals surface area contributed by atoms with E-state index in [0.717, 1.165) is 0 Å². The number of rotatable bonds is 3. The average Bonchev–Trinajstić information content (AvgIpc) is 2.17.